The summed E-state index contributed by atoms with van der Waals surface area (Å²) in [5, 5.41) is 2.92. The van der Waals surface area contributed by atoms with Crippen molar-refractivity contribution in [2.24, 2.45) is 0 Å². The lowest BCUT2D eigenvalue weighted by Gasteiger charge is -2.13. The standard InChI is InChI=1S/C16H12BrF2NO/c1-2-7-21-15-6-4-3-5-11(15)10-20-16-13(17)8-12(18)9-14(16)19/h1,3-6,8-9,20H,7,10H2. The summed E-state index contributed by atoms with van der Waals surface area (Å²) in [6.07, 6.45) is 5.16. The predicted octanol–water partition coefficient (Wildman–Crippen LogP) is 4.35. The second-order valence-corrected chi connectivity index (χ2v) is 5.05. The van der Waals surface area contributed by atoms with Gasteiger partial charge in [-0.25, -0.2) is 8.78 Å². The number of para-hydroxylation sites is 1. The van der Waals surface area contributed by atoms with Crippen molar-refractivity contribution in [1.29, 1.82) is 0 Å². The van der Waals surface area contributed by atoms with E-state index in [1.807, 2.05) is 18.2 Å². The minimum atomic E-state index is -0.663. The molecule has 0 spiro atoms. The van der Waals surface area contributed by atoms with Crippen molar-refractivity contribution < 1.29 is 13.5 Å². The summed E-state index contributed by atoms with van der Waals surface area (Å²) in [7, 11) is 0. The molecule has 5 heteroatoms. The van der Waals surface area contributed by atoms with E-state index in [2.05, 4.69) is 27.2 Å². The van der Waals surface area contributed by atoms with Crippen molar-refractivity contribution in [2.45, 2.75) is 6.54 Å². The molecular weight excluding hydrogens is 340 g/mol. The van der Waals surface area contributed by atoms with Crippen LogP contribution in [0.1, 0.15) is 5.56 Å². The van der Waals surface area contributed by atoms with Crippen LogP contribution in [-0.2, 0) is 6.54 Å². The molecule has 0 bridgehead atoms. The molecule has 0 amide bonds. The highest BCUT2D eigenvalue weighted by Crippen LogP contribution is 2.28. The normalized spacial score (nSPS) is 10.0. The van der Waals surface area contributed by atoms with E-state index < -0.39 is 11.6 Å². The molecule has 0 atom stereocenters. The van der Waals surface area contributed by atoms with Gasteiger partial charge in [-0.2, -0.15) is 0 Å². The molecule has 21 heavy (non-hydrogen) atoms. The molecule has 2 aromatic carbocycles. The molecular formula is C16H12BrF2NO. The number of anilines is 1. The van der Waals surface area contributed by atoms with Gasteiger partial charge in [-0.15, -0.1) is 6.42 Å². The van der Waals surface area contributed by atoms with Crippen LogP contribution in [0.5, 0.6) is 5.75 Å². The third-order valence-corrected chi connectivity index (χ3v) is 3.37. The lowest BCUT2D eigenvalue weighted by molar-refractivity contribution is 0.366. The van der Waals surface area contributed by atoms with Gasteiger partial charge in [0.2, 0.25) is 0 Å². The molecule has 0 saturated carbocycles. The quantitative estimate of drug-likeness (QED) is 0.808. The molecule has 2 nitrogen and oxygen atoms in total. The number of terminal acetylenes is 1. The number of halogens is 3. The van der Waals surface area contributed by atoms with Crippen molar-refractivity contribution in [3.63, 3.8) is 0 Å². The summed E-state index contributed by atoms with van der Waals surface area (Å²) in [6, 6.07) is 9.32. The summed E-state index contributed by atoms with van der Waals surface area (Å²) < 4.78 is 32.5. The molecule has 1 N–H and O–H groups in total. The molecule has 2 rings (SSSR count). The van der Waals surface area contributed by atoms with Crippen LogP contribution in [0.2, 0.25) is 0 Å². The Kier molecular flexibility index (Phi) is 5.18. The van der Waals surface area contributed by atoms with Gasteiger partial charge in [0.15, 0.2) is 0 Å². The average Bonchev–Trinajstić information content (AvgIpc) is 2.45. The van der Waals surface area contributed by atoms with Gasteiger partial charge >= 0.3 is 0 Å². The topological polar surface area (TPSA) is 21.3 Å². The van der Waals surface area contributed by atoms with Crippen LogP contribution in [0.25, 0.3) is 0 Å². The van der Waals surface area contributed by atoms with Crippen LogP contribution in [0.4, 0.5) is 14.5 Å². The first-order valence-electron chi connectivity index (χ1n) is 6.14. The van der Waals surface area contributed by atoms with Gasteiger partial charge in [-0.3, -0.25) is 0 Å². The fourth-order valence-corrected chi connectivity index (χ4v) is 2.35. The van der Waals surface area contributed by atoms with Gasteiger partial charge in [-0.1, -0.05) is 24.1 Å². The SMILES string of the molecule is C#CCOc1ccccc1CNc1c(F)cc(F)cc1Br. The fraction of sp³-hybridized carbons (Fsp3) is 0.125. The Hall–Kier alpha value is -2.06. The molecule has 0 unspecified atom stereocenters. The summed E-state index contributed by atoms with van der Waals surface area (Å²) in [5.41, 5.74) is 1.02. The highest BCUT2D eigenvalue weighted by atomic mass is 79.9. The predicted molar refractivity (Wildman–Crippen MR) is 82.2 cm³/mol. The number of rotatable bonds is 5. The zero-order chi connectivity index (χ0) is 15.2. The molecule has 108 valence electrons. The monoisotopic (exact) mass is 351 g/mol. The molecule has 0 radical (unpaired) electrons. The van der Waals surface area contributed by atoms with Gasteiger partial charge in [-0.05, 0) is 28.1 Å². The smallest absolute Gasteiger partial charge is 0.150 e. The lowest BCUT2D eigenvalue weighted by atomic mass is 10.2. The third kappa shape index (κ3) is 3.96. The summed E-state index contributed by atoms with van der Waals surface area (Å²) in [4.78, 5) is 0. The lowest BCUT2D eigenvalue weighted by Crippen LogP contribution is -2.05. The average molecular weight is 352 g/mol. The fourth-order valence-electron chi connectivity index (χ4n) is 1.80. The highest BCUT2D eigenvalue weighted by molar-refractivity contribution is 9.10. The summed E-state index contributed by atoms with van der Waals surface area (Å²) in [6.45, 7) is 0.480. The minimum Gasteiger partial charge on any atom is -0.481 e. The zero-order valence-corrected chi connectivity index (χ0v) is 12.6. The van der Waals surface area contributed by atoms with Gasteiger partial charge in [0.25, 0.3) is 0 Å². The van der Waals surface area contributed by atoms with Crippen molar-refractivity contribution in [3.05, 3.63) is 58.1 Å². The van der Waals surface area contributed by atoms with E-state index in [4.69, 9.17) is 11.2 Å². The van der Waals surface area contributed by atoms with E-state index in [9.17, 15) is 8.78 Å². The number of benzene rings is 2. The molecule has 0 aliphatic heterocycles. The number of nitrogens with one attached hydrogen (secondary N) is 1. The number of hydrogen-bond donors (Lipinski definition) is 1. The van der Waals surface area contributed by atoms with Crippen molar-refractivity contribution in [3.8, 4) is 18.1 Å². The maximum Gasteiger partial charge on any atom is 0.150 e. The number of hydrogen-bond acceptors (Lipinski definition) is 2. The van der Waals surface area contributed by atoms with E-state index >= 15 is 0 Å². The summed E-state index contributed by atoms with van der Waals surface area (Å²) >= 11 is 3.13. The van der Waals surface area contributed by atoms with Crippen LogP contribution in [0, 0.1) is 24.0 Å². The van der Waals surface area contributed by atoms with E-state index in [0.29, 0.717) is 16.8 Å². The molecule has 0 heterocycles. The van der Waals surface area contributed by atoms with E-state index in [0.717, 1.165) is 11.6 Å². The Morgan fingerprint density at radius 3 is 2.71 bits per heavy atom. The maximum atomic E-state index is 13.7. The van der Waals surface area contributed by atoms with Crippen LogP contribution in [-0.4, -0.2) is 6.61 Å². The second-order valence-electron chi connectivity index (χ2n) is 4.20. The van der Waals surface area contributed by atoms with Crippen LogP contribution >= 0.6 is 15.9 Å². The third-order valence-electron chi connectivity index (χ3n) is 2.75. The minimum absolute atomic E-state index is 0.158. The van der Waals surface area contributed by atoms with Crippen LogP contribution < -0.4 is 10.1 Å². The highest BCUT2D eigenvalue weighted by Gasteiger charge is 2.10. The largest absolute Gasteiger partial charge is 0.481 e. The molecule has 0 aliphatic carbocycles. The zero-order valence-electron chi connectivity index (χ0n) is 11.0. The summed E-state index contributed by atoms with van der Waals surface area (Å²) in [5.74, 6) is 1.72. The Morgan fingerprint density at radius 2 is 2.00 bits per heavy atom. The molecule has 0 saturated heterocycles. The first-order valence-corrected chi connectivity index (χ1v) is 6.93. The molecule has 0 aliphatic rings. The Morgan fingerprint density at radius 1 is 1.24 bits per heavy atom. The van der Waals surface area contributed by atoms with Crippen molar-refractivity contribution in [1.82, 2.24) is 0 Å². The van der Waals surface area contributed by atoms with Crippen LogP contribution in [0.15, 0.2) is 40.9 Å². The first kappa shape index (κ1) is 15.3. The second kappa shape index (κ2) is 7.09. The van der Waals surface area contributed by atoms with E-state index in [-0.39, 0.29) is 12.3 Å². The first-order chi connectivity index (χ1) is 10.1. The van der Waals surface area contributed by atoms with E-state index in [1.165, 1.54) is 6.07 Å². The van der Waals surface area contributed by atoms with E-state index in [1.54, 1.807) is 6.07 Å². The van der Waals surface area contributed by atoms with Gasteiger partial charge < -0.3 is 10.1 Å². The van der Waals surface area contributed by atoms with Crippen LogP contribution in [0.3, 0.4) is 0 Å². The molecule has 0 aromatic heterocycles. The Labute approximate surface area is 130 Å². The van der Waals surface area contributed by atoms with Crippen molar-refractivity contribution >= 4 is 21.6 Å². The maximum absolute atomic E-state index is 13.7. The number of ether oxygens (including phenoxy) is 1. The van der Waals surface area contributed by atoms with Gasteiger partial charge in [0, 0.05) is 22.6 Å². The Bertz CT molecular complexity index is 659. The molecule has 0 fully saturated rings. The Balaban J connectivity index is 2.16. The van der Waals surface area contributed by atoms with Gasteiger partial charge in [0.1, 0.15) is 24.0 Å². The van der Waals surface area contributed by atoms with Crippen molar-refractivity contribution in [2.75, 3.05) is 11.9 Å². The van der Waals surface area contributed by atoms with Gasteiger partial charge in [0.05, 0.1) is 5.69 Å². The molecule has 2 aromatic rings.